The van der Waals surface area contributed by atoms with E-state index in [1.165, 1.54) is 11.6 Å². The van der Waals surface area contributed by atoms with Crippen molar-refractivity contribution in [2.45, 2.75) is 19.4 Å². The first kappa shape index (κ1) is 29.6. The fourth-order valence-corrected chi connectivity index (χ4v) is 6.75. The van der Waals surface area contributed by atoms with E-state index >= 15 is 4.39 Å². The maximum Gasteiger partial charge on any atom is 0.256 e. The number of hydrogen-bond donors (Lipinski definition) is 1. The highest BCUT2D eigenvalue weighted by Crippen LogP contribution is 2.47. The summed E-state index contributed by atoms with van der Waals surface area (Å²) in [4.78, 5) is 33.6. The smallest absolute Gasteiger partial charge is 0.256 e. The third-order valence-corrected chi connectivity index (χ3v) is 9.21. The van der Waals surface area contributed by atoms with Crippen molar-refractivity contribution >= 4 is 34.1 Å². The van der Waals surface area contributed by atoms with Gasteiger partial charge < -0.3 is 29.2 Å². The zero-order chi connectivity index (χ0) is 31.1. The Labute approximate surface area is 265 Å². The van der Waals surface area contributed by atoms with Gasteiger partial charge in [-0.05, 0) is 61.8 Å². The molecule has 0 spiro atoms. The Morgan fingerprint density at radius 1 is 1.00 bits per heavy atom. The molecule has 3 aromatic carbocycles. The number of nitrogens with zero attached hydrogens (tertiary/aromatic N) is 4. The molecule has 1 N–H and O–H groups in total. The number of piperazine rings is 1. The molecule has 3 aliphatic heterocycles. The second-order valence-corrected chi connectivity index (χ2v) is 12.2. The molecule has 0 bridgehead atoms. The molecule has 4 aromatic rings. The maximum atomic E-state index is 16.1. The molecule has 4 heterocycles. The molecule has 11 heteroatoms. The molecule has 2 fully saturated rings. The van der Waals surface area contributed by atoms with Gasteiger partial charge in [0.1, 0.15) is 22.5 Å². The SMILES string of the molecule is COc1ccc(CN2CCN(c3c(F)cc4c(=O)c(C(=O)NCCN5CCCC5)cn5c4c3Oc3cc(Cl)ccc3-5)CC2)cc1. The molecule has 0 aliphatic carbocycles. The predicted octanol–water partition coefficient (Wildman–Crippen LogP) is 5.05. The lowest BCUT2D eigenvalue weighted by atomic mass is 10.0. The van der Waals surface area contributed by atoms with Crippen LogP contribution in [0.3, 0.4) is 0 Å². The molecule has 234 valence electrons. The fourth-order valence-electron chi connectivity index (χ4n) is 6.59. The molecule has 0 atom stereocenters. The molecule has 2 saturated heterocycles. The predicted molar refractivity (Wildman–Crippen MR) is 173 cm³/mol. The first-order chi connectivity index (χ1) is 21.9. The van der Waals surface area contributed by atoms with Crippen LogP contribution in [0.5, 0.6) is 17.2 Å². The number of carbonyl (C=O) groups excluding carboxylic acids is 1. The normalized spacial score (nSPS) is 16.5. The monoisotopic (exact) mass is 631 g/mol. The summed E-state index contributed by atoms with van der Waals surface area (Å²) < 4.78 is 29.5. The quantitative estimate of drug-likeness (QED) is 0.257. The van der Waals surface area contributed by atoms with Crippen LogP contribution in [0.15, 0.2) is 59.5 Å². The number of aromatic nitrogens is 1. The van der Waals surface area contributed by atoms with Crippen molar-refractivity contribution in [3.63, 3.8) is 0 Å². The van der Waals surface area contributed by atoms with E-state index in [0.29, 0.717) is 60.4 Å². The summed E-state index contributed by atoms with van der Waals surface area (Å²) in [6, 6.07) is 14.4. The molecule has 9 nitrogen and oxygen atoms in total. The van der Waals surface area contributed by atoms with Gasteiger partial charge in [0.15, 0.2) is 17.3 Å². The van der Waals surface area contributed by atoms with Gasteiger partial charge in [0.05, 0.1) is 18.2 Å². The van der Waals surface area contributed by atoms with Gasteiger partial charge in [-0.1, -0.05) is 23.7 Å². The number of rotatable bonds is 8. The summed E-state index contributed by atoms with van der Waals surface area (Å²) in [7, 11) is 1.65. The topological polar surface area (TPSA) is 79.3 Å². The van der Waals surface area contributed by atoms with Gasteiger partial charge in [-0.25, -0.2) is 4.39 Å². The second kappa shape index (κ2) is 12.3. The van der Waals surface area contributed by atoms with Crippen LogP contribution in [-0.4, -0.2) is 79.7 Å². The van der Waals surface area contributed by atoms with Crippen molar-refractivity contribution in [1.29, 1.82) is 0 Å². The number of hydrogen-bond acceptors (Lipinski definition) is 7. The Kier molecular flexibility index (Phi) is 8.12. The maximum absolute atomic E-state index is 16.1. The Morgan fingerprint density at radius 2 is 1.76 bits per heavy atom. The number of carbonyl (C=O) groups is 1. The van der Waals surface area contributed by atoms with E-state index in [1.807, 2.05) is 17.0 Å². The molecule has 1 amide bonds. The molecule has 0 saturated carbocycles. The summed E-state index contributed by atoms with van der Waals surface area (Å²) in [6.07, 6.45) is 3.86. The molecular weight excluding hydrogens is 597 g/mol. The van der Waals surface area contributed by atoms with Crippen molar-refractivity contribution in [2.75, 3.05) is 64.4 Å². The minimum absolute atomic E-state index is 0.0445. The first-order valence-electron chi connectivity index (χ1n) is 15.4. The number of pyridine rings is 1. The standard InChI is InChI=1S/C34H35ClFN5O4/c1-44-24-7-4-22(5-8-24)20-39-14-16-40(17-15-39)31-27(36)19-25-30-33(31)45-29-18-23(35)6-9-28(29)41(30)21-26(32(25)42)34(43)37-10-13-38-11-2-3-12-38/h4-9,18-19,21H,2-3,10-17,20H2,1H3,(H,37,43). The number of likely N-dealkylation sites (tertiary alicyclic amines) is 1. The average Bonchev–Trinajstić information content (AvgIpc) is 3.56. The lowest BCUT2D eigenvalue weighted by Crippen LogP contribution is -2.46. The van der Waals surface area contributed by atoms with Gasteiger partial charge >= 0.3 is 0 Å². The average molecular weight is 632 g/mol. The first-order valence-corrected chi connectivity index (χ1v) is 15.8. The third kappa shape index (κ3) is 5.74. The molecule has 1 aromatic heterocycles. The zero-order valence-corrected chi connectivity index (χ0v) is 25.9. The molecule has 45 heavy (non-hydrogen) atoms. The number of halogens is 2. The van der Waals surface area contributed by atoms with E-state index in [4.69, 9.17) is 21.1 Å². The number of fused-ring (bicyclic) bond motifs is 2. The zero-order valence-electron chi connectivity index (χ0n) is 25.2. The summed E-state index contributed by atoms with van der Waals surface area (Å²) in [5.74, 6) is 0.440. The number of amides is 1. The van der Waals surface area contributed by atoms with Crippen molar-refractivity contribution in [3.8, 4) is 22.9 Å². The highest BCUT2D eigenvalue weighted by atomic mass is 35.5. The van der Waals surface area contributed by atoms with Crippen LogP contribution < -0.4 is 25.1 Å². The van der Waals surface area contributed by atoms with Crippen molar-refractivity contribution in [1.82, 2.24) is 19.7 Å². The molecular formula is C34H35ClFN5O4. The number of anilines is 1. The summed E-state index contributed by atoms with van der Waals surface area (Å²) in [5.41, 5.74) is 1.94. The van der Waals surface area contributed by atoms with Gasteiger partial charge in [0.25, 0.3) is 5.91 Å². The van der Waals surface area contributed by atoms with E-state index in [2.05, 4.69) is 27.2 Å². The van der Waals surface area contributed by atoms with Crippen LogP contribution in [0.4, 0.5) is 10.1 Å². The van der Waals surface area contributed by atoms with Gasteiger partial charge in [-0.3, -0.25) is 14.5 Å². The number of methoxy groups -OCH3 is 1. The molecule has 0 unspecified atom stereocenters. The Bertz CT molecular complexity index is 1810. The van der Waals surface area contributed by atoms with Crippen LogP contribution in [0.1, 0.15) is 28.8 Å². The van der Waals surface area contributed by atoms with Crippen molar-refractivity contribution in [3.05, 3.63) is 86.9 Å². The van der Waals surface area contributed by atoms with E-state index < -0.39 is 17.2 Å². The minimum Gasteiger partial charge on any atom is -0.497 e. The second-order valence-electron chi connectivity index (χ2n) is 11.8. The van der Waals surface area contributed by atoms with Gasteiger partial charge in [-0.2, -0.15) is 0 Å². The van der Waals surface area contributed by atoms with E-state index in [0.717, 1.165) is 44.8 Å². The number of benzene rings is 3. The number of nitrogens with one attached hydrogen (secondary N) is 1. The minimum atomic E-state index is -0.568. The van der Waals surface area contributed by atoms with Crippen LogP contribution in [-0.2, 0) is 6.54 Å². The molecule has 3 aliphatic rings. The lowest BCUT2D eigenvalue weighted by Gasteiger charge is -2.37. The van der Waals surface area contributed by atoms with E-state index in [-0.39, 0.29) is 16.7 Å². The molecule has 7 rings (SSSR count). The Hall–Kier alpha value is -4.12. The van der Waals surface area contributed by atoms with Gasteiger partial charge in [-0.15, -0.1) is 0 Å². The van der Waals surface area contributed by atoms with Crippen molar-refractivity contribution in [2.24, 2.45) is 0 Å². The van der Waals surface area contributed by atoms with E-state index in [9.17, 15) is 9.59 Å². The van der Waals surface area contributed by atoms with Crippen LogP contribution in [0.2, 0.25) is 5.02 Å². The highest BCUT2D eigenvalue weighted by molar-refractivity contribution is 6.30. The van der Waals surface area contributed by atoms with Crippen LogP contribution in [0.25, 0.3) is 16.6 Å². The highest BCUT2D eigenvalue weighted by Gasteiger charge is 2.32. The van der Waals surface area contributed by atoms with E-state index in [1.54, 1.807) is 36.1 Å². The summed E-state index contributed by atoms with van der Waals surface area (Å²) in [5, 5.41) is 3.45. The largest absolute Gasteiger partial charge is 0.497 e. The molecule has 0 radical (unpaired) electrons. The van der Waals surface area contributed by atoms with Gasteiger partial charge in [0, 0.05) is 63.1 Å². The summed E-state index contributed by atoms with van der Waals surface area (Å²) >= 11 is 6.34. The van der Waals surface area contributed by atoms with Crippen LogP contribution >= 0.6 is 11.6 Å². The Balaban J connectivity index is 1.21. The third-order valence-electron chi connectivity index (χ3n) is 8.97. The Morgan fingerprint density at radius 3 is 2.49 bits per heavy atom. The number of ether oxygens (including phenoxy) is 2. The van der Waals surface area contributed by atoms with Gasteiger partial charge in [0.2, 0.25) is 5.43 Å². The lowest BCUT2D eigenvalue weighted by molar-refractivity contribution is 0.0948. The fraction of sp³-hybridized carbons (Fsp3) is 0.353. The van der Waals surface area contributed by atoms with Crippen LogP contribution in [0, 0.1) is 5.82 Å². The van der Waals surface area contributed by atoms with Crippen molar-refractivity contribution < 1.29 is 18.7 Å². The summed E-state index contributed by atoms with van der Waals surface area (Å²) in [6.45, 7) is 6.52.